The second kappa shape index (κ2) is 7.35. The molecule has 2 aromatic carbocycles. The van der Waals surface area contributed by atoms with Gasteiger partial charge in [0.1, 0.15) is 11.3 Å². The summed E-state index contributed by atoms with van der Waals surface area (Å²) in [6.45, 7) is 6.30. The predicted molar refractivity (Wildman–Crippen MR) is 120 cm³/mol. The predicted octanol–water partition coefficient (Wildman–Crippen LogP) is 5.01. The van der Waals surface area contributed by atoms with Gasteiger partial charge in [-0.2, -0.15) is 0 Å². The highest BCUT2D eigenvalue weighted by Gasteiger charge is 2.45. The molecule has 0 fully saturated rings. The molecule has 0 saturated heterocycles. The van der Waals surface area contributed by atoms with Gasteiger partial charge in [0.05, 0.1) is 29.3 Å². The molecule has 0 radical (unpaired) electrons. The Morgan fingerprint density at radius 2 is 1.94 bits per heavy atom. The Morgan fingerprint density at radius 1 is 1.13 bits per heavy atom. The average molecular weight is 433 g/mol. The molecule has 0 bridgehead atoms. The van der Waals surface area contributed by atoms with Crippen LogP contribution in [0.25, 0.3) is 11.0 Å². The summed E-state index contributed by atoms with van der Waals surface area (Å²) in [5, 5.41) is 0.995. The Bertz CT molecular complexity index is 1370. The fourth-order valence-electron chi connectivity index (χ4n) is 3.93. The topological polar surface area (TPSA) is 72.6 Å². The van der Waals surface area contributed by atoms with E-state index in [9.17, 15) is 9.59 Å². The van der Waals surface area contributed by atoms with Gasteiger partial charge in [-0.3, -0.25) is 14.5 Å². The smallest absolute Gasteiger partial charge is 0.297 e. The number of nitrogens with zero attached hydrogens (tertiary/aromatic N) is 2. The van der Waals surface area contributed by atoms with Crippen LogP contribution in [-0.4, -0.2) is 17.5 Å². The number of hydrogen-bond acceptors (Lipinski definition) is 6. The lowest BCUT2D eigenvalue weighted by Gasteiger charge is -2.23. The normalized spacial score (nSPS) is 15.5. The number of carbonyl (C=O) groups is 1. The van der Waals surface area contributed by atoms with Crippen molar-refractivity contribution in [2.24, 2.45) is 0 Å². The van der Waals surface area contributed by atoms with Gasteiger partial charge in [-0.05, 0) is 50.6 Å². The molecule has 31 heavy (non-hydrogen) atoms. The van der Waals surface area contributed by atoms with Gasteiger partial charge in [0.15, 0.2) is 10.6 Å². The molecule has 4 aromatic rings. The lowest BCUT2D eigenvalue weighted by molar-refractivity contribution is 0.0971. The lowest BCUT2D eigenvalue weighted by Crippen LogP contribution is -2.29. The molecule has 1 aliphatic heterocycles. The quantitative estimate of drug-likeness (QED) is 0.453. The molecule has 5 rings (SSSR count). The van der Waals surface area contributed by atoms with Crippen LogP contribution in [0, 0.1) is 13.8 Å². The van der Waals surface area contributed by atoms with Crippen molar-refractivity contribution in [3.05, 3.63) is 86.2 Å². The van der Waals surface area contributed by atoms with Crippen molar-refractivity contribution < 1.29 is 13.9 Å². The van der Waals surface area contributed by atoms with Crippen molar-refractivity contribution in [2.45, 2.75) is 26.8 Å². The first-order valence-electron chi connectivity index (χ1n) is 10.1. The Balaban J connectivity index is 1.79. The summed E-state index contributed by atoms with van der Waals surface area (Å²) in [6, 6.07) is 13.8. The molecule has 3 heterocycles. The number of aryl methyl sites for hydroxylation is 2. The minimum absolute atomic E-state index is 0.0704. The van der Waals surface area contributed by atoms with E-state index in [2.05, 4.69) is 4.98 Å². The molecule has 156 valence electrons. The van der Waals surface area contributed by atoms with Gasteiger partial charge in [-0.1, -0.05) is 24.3 Å². The summed E-state index contributed by atoms with van der Waals surface area (Å²) < 4.78 is 11.6. The number of aromatic nitrogens is 1. The number of thiazole rings is 1. The Morgan fingerprint density at radius 3 is 2.68 bits per heavy atom. The SMILES string of the molecule is CCOc1cccc([C@@H]2c3c(oc4ccccc4c3=O)C(=O)N2c2nc(C)c(C)s2)c1. The maximum Gasteiger partial charge on any atom is 0.297 e. The van der Waals surface area contributed by atoms with Crippen LogP contribution in [0.3, 0.4) is 0 Å². The maximum absolute atomic E-state index is 13.5. The summed E-state index contributed by atoms with van der Waals surface area (Å²) in [5.74, 6) is 0.386. The minimum atomic E-state index is -0.645. The molecule has 1 amide bonds. The number of rotatable bonds is 4. The van der Waals surface area contributed by atoms with Gasteiger partial charge in [-0.15, -0.1) is 11.3 Å². The number of carbonyl (C=O) groups excluding carboxylic acids is 1. The number of anilines is 1. The highest BCUT2D eigenvalue weighted by molar-refractivity contribution is 7.15. The van der Waals surface area contributed by atoms with Crippen LogP contribution in [0.2, 0.25) is 0 Å². The van der Waals surface area contributed by atoms with Gasteiger partial charge in [0.2, 0.25) is 5.76 Å². The molecule has 7 heteroatoms. The van der Waals surface area contributed by atoms with Crippen LogP contribution in [0.15, 0.2) is 57.7 Å². The molecule has 1 aliphatic rings. The fraction of sp³-hybridized carbons (Fsp3) is 0.208. The van der Waals surface area contributed by atoms with E-state index in [1.54, 1.807) is 29.2 Å². The first kappa shape index (κ1) is 19.5. The summed E-state index contributed by atoms with van der Waals surface area (Å²) in [4.78, 5) is 34.3. The standard InChI is InChI=1S/C24H20N2O4S/c1-4-29-16-9-7-8-15(12-16)20-19-21(27)17-10-5-6-11-18(17)30-22(19)23(28)26(20)24-25-13(2)14(3)31-24/h5-12,20H,4H2,1-3H3/t20-/m1/s1. The molecular formula is C24H20N2O4S. The summed E-state index contributed by atoms with van der Waals surface area (Å²) in [7, 11) is 0. The van der Waals surface area contributed by atoms with Crippen LogP contribution in [0.4, 0.5) is 5.13 Å². The number of para-hydroxylation sites is 1. The molecular weight excluding hydrogens is 412 g/mol. The van der Waals surface area contributed by atoms with Crippen molar-refractivity contribution in [3.8, 4) is 5.75 Å². The van der Waals surface area contributed by atoms with E-state index in [1.165, 1.54) is 11.3 Å². The number of hydrogen-bond donors (Lipinski definition) is 0. The van der Waals surface area contributed by atoms with Crippen molar-refractivity contribution in [1.82, 2.24) is 4.98 Å². The third-order valence-electron chi connectivity index (χ3n) is 5.49. The van der Waals surface area contributed by atoms with Crippen LogP contribution < -0.4 is 15.1 Å². The molecule has 0 N–H and O–H groups in total. The van der Waals surface area contributed by atoms with Gasteiger partial charge >= 0.3 is 0 Å². The fourth-order valence-corrected chi connectivity index (χ4v) is 4.87. The highest BCUT2D eigenvalue weighted by Crippen LogP contribution is 2.43. The van der Waals surface area contributed by atoms with Gasteiger partial charge in [0, 0.05) is 4.88 Å². The molecule has 6 nitrogen and oxygen atoms in total. The number of ether oxygens (including phenoxy) is 1. The maximum atomic E-state index is 13.5. The molecule has 0 spiro atoms. The zero-order valence-corrected chi connectivity index (χ0v) is 18.2. The Hall–Kier alpha value is -3.45. The highest BCUT2D eigenvalue weighted by atomic mass is 32.1. The van der Waals surface area contributed by atoms with Crippen molar-refractivity contribution in [3.63, 3.8) is 0 Å². The first-order valence-corrected chi connectivity index (χ1v) is 10.9. The zero-order chi connectivity index (χ0) is 21.7. The van der Waals surface area contributed by atoms with E-state index in [0.717, 1.165) is 16.1 Å². The van der Waals surface area contributed by atoms with E-state index < -0.39 is 6.04 Å². The van der Waals surface area contributed by atoms with Crippen LogP contribution in [0.5, 0.6) is 5.75 Å². The first-order chi connectivity index (χ1) is 15.0. The summed E-state index contributed by atoms with van der Waals surface area (Å²) >= 11 is 1.43. The lowest BCUT2D eigenvalue weighted by atomic mass is 9.98. The molecule has 1 atom stereocenters. The number of benzene rings is 2. The average Bonchev–Trinajstić information content (AvgIpc) is 3.25. The van der Waals surface area contributed by atoms with Gasteiger partial charge in [-0.25, -0.2) is 4.98 Å². The number of fused-ring (bicyclic) bond motifs is 2. The van der Waals surface area contributed by atoms with Crippen molar-refractivity contribution in [1.29, 1.82) is 0 Å². The van der Waals surface area contributed by atoms with E-state index in [4.69, 9.17) is 9.15 Å². The van der Waals surface area contributed by atoms with Gasteiger partial charge in [0.25, 0.3) is 5.91 Å². The number of amides is 1. The zero-order valence-electron chi connectivity index (χ0n) is 17.3. The van der Waals surface area contributed by atoms with E-state index in [0.29, 0.717) is 34.0 Å². The van der Waals surface area contributed by atoms with Crippen LogP contribution >= 0.6 is 11.3 Å². The van der Waals surface area contributed by atoms with Crippen molar-refractivity contribution >= 4 is 33.3 Å². The van der Waals surface area contributed by atoms with Crippen LogP contribution in [-0.2, 0) is 0 Å². The molecule has 0 unspecified atom stereocenters. The second-order valence-electron chi connectivity index (χ2n) is 7.39. The van der Waals surface area contributed by atoms with E-state index in [1.807, 2.05) is 45.0 Å². The van der Waals surface area contributed by atoms with E-state index >= 15 is 0 Å². The second-order valence-corrected chi connectivity index (χ2v) is 8.57. The monoisotopic (exact) mass is 432 g/mol. The summed E-state index contributed by atoms with van der Waals surface area (Å²) in [6.07, 6.45) is 0. The van der Waals surface area contributed by atoms with E-state index in [-0.39, 0.29) is 17.1 Å². The Kier molecular flexibility index (Phi) is 4.63. The summed E-state index contributed by atoms with van der Waals surface area (Å²) in [5.41, 5.74) is 2.16. The largest absolute Gasteiger partial charge is 0.494 e. The minimum Gasteiger partial charge on any atom is -0.494 e. The van der Waals surface area contributed by atoms with Gasteiger partial charge < -0.3 is 9.15 Å². The molecule has 0 saturated carbocycles. The molecule has 2 aromatic heterocycles. The third-order valence-corrected chi connectivity index (χ3v) is 6.56. The third kappa shape index (κ3) is 3.04. The van der Waals surface area contributed by atoms with Crippen molar-refractivity contribution in [2.75, 3.05) is 11.5 Å². The molecule has 0 aliphatic carbocycles. The van der Waals surface area contributed by atoms with Crippen LogP contribution in [0.1, 0.15) is 45.2 Å². The Labute approximate surface area is 182 Å².